The molecule has 6 nitrogen and oxygen atoms in total. The molecule has 0 aliphatic heterocycles. The largest absolute Gasteiger partial charge is 0.481 e. The van der Waals surface area contributed by atoms with E-state index in [1.807, 2.05) is 12.1 Å². The van der Waals surface area contributed by atoms with Crippen molar-refractivity contribution in [2.75, 3.05) is 7.11 Å². The van der Waals surface area contributed by atoms with E-state index in [1.165, 1.54) is 29.7 Å². The van der Waals surface area contributed by atoms with Crippen molar-refractivity contribution in [2.24, 2.45) is 7.05 Å². The lowest BCUT2D eigenvalue weighted by atomic mass is 9.83. The molecule has 1 atom stereocenters. The number of hydrogen-bond donors (Lipinski definition) is 1. The number of benzene rings is 2. The van der Waals surface area contributed by atoms with E-state index >= 15 is 0 Å². The molecule has 3 heterocycles. The van der Waals surface area contributed by atoms with Gasteiger partial charge in [0.15, 0.2) is 5.60 Å². The fourth-order valence-electron chi connectivity index (χ4n) is 5.43. The van der Waals surface area contributed by atoms with Crippen LogP contribution in [0.15, 0.2) is 78.9 Å². The molecule has 6 rings (SSSR count). The Kier molecular flexibility index (Phi) is 6.59. The highest BCUT2D eigenvalue weighted by Gasteiger charge is 2.39. The molecule has 0 amide bonds. The van der Waals surface area contributed by atoms with Crippen LogP contribution in [0.5, 0.6) is 5.88 Å². The van der Waals surface area contributed by atoms with Gasteiger partial charge < -0.3 is 14.4 Å². The first-order valence-electron chi connectivity index (χ1n) is 12.8. The second kappa shape index (κ2) is 10.0. The number of methoxy groups -OCH3 is 1. The first-order valence-corrected chi connectivity index (χ1v) is 13.1. The van der Waals surface area contributed by atoms with Gasteiger partial charge in [-0.25, -0.2) is 9.97 Å². The number of ether oxygens (including phenoxy) is 1. The molecule has 0 saturated heterocycles. The smallest absolute Gasteiger partial charge is 0.433 e. The standard InChI is InChI=1S/C31H24ClF3N4O2/c1-39-17-36-16-27(39)30(40,22-8-10-26(37-15-22)31(33,34)35)21-7-9-25-23(14-21)28(32)24(29(38-25)41-2)13-18-11-19-5-3-4-6-20(19)12-18/h3-11,14-17,40H,12-13H2,1-2H3. The van der Waals surface area contributed by atoms with Crippen LogP contribution in [0.4, 0.5) is 13.2 Å². The third-order valence-corrected chi connectivity index (χ3v) is 7.92. The summed E-state index contributed by atoms with van der Waals surface area (Å²) in [5.41, 5.74) is 2.70. The number of imidazole rings is 1. The van der Waals surface area contributed by atoms with Gasteiger partial charge in [0.1, 0.15) is 5.69 Å². The summed E-state index contributed by atoms with van der Waals surface area (Å²) in [6.07, 6.45) is 2.83. The second-order valence-electron chi connectivity index (χ2n) is 10.0. The molecule has 0 saturated carbocycles. The van der Waals surface area contributed by atoms with Crippen LogP contribution in [0, 0.1) is 0 Å². The normalized spacial score (nSPS) is 14.6. The molecule has 1 aliphatic rings. The van der Waals surface area contributed by atoms with Crippen molar-refractivity contribution in [3.05, 3.63) is 123 Å². The van der Waals surface area contributed by atoms with Crippen molar-refractivity contribution in [3.8, 4) is 5.88 Å². The molecular weight excluding hydrogens is 553 g/mol. The zero-order chi connectivity index (χ0) is 28.9. The minimum atomic E-state index is -4.61. The molecule has 41 heavy (non-hydrogen) atoms. The number of rotatable bonds is 6. The Balaban J connectivity index is 1.48. The first kappa shape index (κ1) is 27.0. The van der Waals surface area contributed by atoms with E-state index in [0.29, 0.717) is 45.0 Å². The minimum Gasteiger partial charge on any atom is -0.481 e. The minimum absolute atomic E-state index is 0.139. The van der Waals surface area contributed by atoms with E-state index in [1.54, 1.807) is 36.9 Å². The quantitative estimate of drug-likeness (QED) is 0.249. The van der Waals surface area contributed by atoms with Crippen molar-refractivity contribution in [1.82, 2.24) is 19.5 Å². The van der Waals surface area contributed by atoms with Gasteiger partial charge in [0.05, 0.1) is 35.9 Å². The molecule has 10 heteroatoms. The van der Waals surface area contributed by atoms with Gasteiger partial charge in [0, 0.05) is 36.2 Å². The van der Waals surface area contributed by atoms with Crippen LogP contribution >= 0.6 is 11.6 Å². The lowest BCUT2D eigenvalue weighted by Gasteiger charge is -2.30. The number of hydrogen-bond acceptors (Lipinski definition) is 5. The van der Waals surface area contributed by atoms with Crippen LogP contribution in [0.25, 0.3) is 17.0 Å². The van der Waals surface area contributed by atoms with E-state index in [2.05, 4.69) is 28.2 Å². The highest BCUT2D eigenvalue weighted by molar-refractivity contribution is 6.36. The highest BCUT2D eigenvalue weighted by Crippen LogP contribution is 2.41. The fourth-order valence-corrected chi connectivity index (χ4v) is 5.72. The molecule has 5 aromatic rings. The fraction of sp³-hybridized carbons (Fsp3) is 0.194. The number of fused-ring (bicyclic) bond motifs is 2. The summed E-state index contributed by atoms with van der Waals surface area (Å²) >= 11 is 7.03. The number of aliphatic hydroxyl groups is 1. The van der Waals surface area contributed by atoms with Crippen LogP contribution < -0.4 is 4.74 Å². The maximum absolute atomic E-state index is 13.2. The summed E-state index contributed by atoms with van der Waals surface area (Å²) in [6, 6.07) is 15.3. The van der Waals surface area contributed by atoms with Crippen LogP contribution in [-0.2, 0) is 31.7 Å². The predicted octanol–water partition coefficient (Wildman–Crippen LogP) is 6.51. The van der Waals surface area contributed by atoms with Gasteiger partial charge in [-0.05, 0) is 41.3 Å². The number of nitrogens with zero attached hydrogens (tertiary/aromatic N) is 4. The number of alkyl halides is 3. The predicted molar refractivity (Wildman–Crippen MR) is 150 cm³/mol. The Labute approximate surface area is 238 Å². The monoisotopic (exact) mass is 576 g/mol. The maximum atomic E-state index is 13.2. The van der Waals surface area contributed by atoms with E-state index in [-0.39, 0.29) is 5.56 Å². The first-order chi connectivity index (χ1) is 19.6. The maximum Gasteiger partial charge on any atom is 0.433 e. The van der Waals surface area contributed by atoms with E-state index in [4.69, 9.17) is 21.3 Å². The summed E-state index contributed by atoms with van der Waals surface area (Å²) in [6.45, 7) is 0. The summed E-state index contributed by atoms with van der Waals surface area (Å²) in [4.78, 5) is 12.4. The van der Waals surface area contributed by atoms with Gasteiger partial charge in [0.25, 0.3) is 0 Å². The van der Waals surface area contributed by atoms with E-state index in [9.17, 15) is 18.3 Å². The zero-order valence-electron chi connectivity index (χ0n) is 22.1. The Morgan fingerprint density at radius 3 is 2.49 bits per heavy atom. The van der Waals surface area contributed by atoms with Crippen LogP contribution in [0.2, 0.25) is 5.02 Å². The van der Waals surface area contributed by atoms with Crippen molar-refractivity contribution in [3.63, 3.8) is 0 Å². The Bertz CT molecular complexity index is 1820. The molecule has 1 unspecified atom stereocenters. The lowest BCUT2D eigenvalue weighted by molar-refractivity contribution is -0.141. The molecule has 0 bridgehead atoms. The van der Waals surface area contributed by atoms with Gasteiger partial charge in [0.2, 0.25) is 5.88 Å². The van der Waals surface area contributed by atoms with Crippen LogP contribution in [0.1, 0.15) is 39.2 Å². The number of pyridine rings is 2. The lowest BCUT2D eigenvalue weighted by Crippen LogP contribution is -2.31. The van der Waals surface area contributed by atoms with E-state index in [0.717, 1.165) is 24.3 Å². The van der Waals surface area contributed by atoms with Crippen molar-refractivity contribution in [2.45, 2.75) is 24.6 Å². The van der Waals surface area contributed by atoms with Crippen molar-refractivity contribution in [1.29, 1.82) is 0 Å². The third kappa shape index (κ3) is 4.65. The summed E-state index contributed by atoms with van der Waals surface area (Å²) < 4.78 is 46.9. The molecule has 2 aromatic carbocycles. The number of aromatic nitrogens is 4. The topological polar surface area (TPSA) is 73.1 Å². The molecule has 208 valence electrons. The number of halogens is 4. The van der Waals surface area contributed by atoms with Gasteiger partial charge >= 0.3 is 6.18 Å². The molecule has 1 N–H and O–H groups in total. The van der Waals surface area contributed by atoms with E-state index < -0.39 is 17.5 Å². The van der Waals surface area contributed by atoms with Gasteiger partial charge in [-0.15, -0.1) is 0 Å². The molecule has 0 spiro atoms. The Hall–Kier alpha value is -4.21. The molecule has 1 aliphatic carbocycles. The van der Waals surface area contributed by atoms with Gasteiger partial charge in [-0.1, -0.05) is 59.6 Å². The molecule has 3 aromatic heterocycles. The second-order valence-corrected chi connectivity index (χ2v) is 10.4. The summed E-state index contributed by atoms with van der Waals surface area (Å²) in [5.74, 6) is 0.404. The summed E-state index contributed by atoms with van der Waals surface area (Å²) in [5, 5.41) is 13.2. The SMILES string of the molecule is COc1nc2ccc(C(O)(c3ccc(C(F)(F)F)nc3)c3cncn3C)cc2c(Cl)c1CC1=Cc2ccccc2C1. The van der Waals surface area contributed by atoms with Gasteiger partial charge in [-0.2, -0.15) is 13.2 Å². The van der Waals surface area contributed by atoms with Gasteiger partial charge in [-0.3, -0.25) is 4.98 Å². The Morgan fingerprint density at radius 1 is 1.05 bits per heavy atom. The Morgan fingerprint density at radius 2 is 1.83 bits per heavy atom. The molecular formula is C31H24ClF3N4O2. The molecule has 0 radical (unpaired) electrons. The van der Waals surface area contributed by atoms with Crippen molar-refractivity contribution < 1.29 is 23.0 Å². The highest BCUT2D eigenvalue weighted by atomic mass is 35.5. The van der Waals surface area contributed by atoms with Crippen LogP contribution in [-0.4, -0.2) is 31.7 Å². The average Bonchev–Trinajstić information content (AvgIpc) is 3.59. The number of aryl methyl sites for hydroxylation is 1. The van der Waals surface area contributed by atoms with Crippen LogP contribution in [0.3, 0.4) is 0 Å². The average molecular weight is 577 g/mol. The molecule has 0 fully saturated rings. The van der Waals surface area contributed by atoms with Crippen molar-refractivity contribution >= 4 is 28.6 Å². The zero-order valence-corrected chi connectivity index (χ0v) is 22.8. The third-order valence-electron chi connectivity index (χ3n) is 7.48. The number of allylic oxidation sites excluding steroid dienone is 1. The summed E-state index contributed by atoms with van der Waals surface area (Å²) in [7, 11) is 3.23.